The van der Waals surface area contributed by atoms with Gasteiger partial charge in [-0.3, -0.25) is 0 Å². The molecule has 19 heavy (non-hydrogen) atoms. The van der Waals surface area contributed by atoms with Crippen LogP contribution in [0, 0.1) is 16.7 Å². The summed E-state index contributed by atoms with van der Waals surface area (Å²) in [5, 5.41) is 3.50. The van der Waals surface area contributed by atoms with Crippen molar-refractivity contribution in [3.05, 3.63) is 29.8 Å². The molecule has 0 radical (unpaired) electrons. The van der Waals surface area contributed by atoms with Crippen molar-refractivity contribution in [2.24, 2.45) is 16.7 Å². The Morgan fingerprint density at radius 1 is 1.11 bits per heavy atom. The number of benzene rings is 1. The molecule has 1 unspecified atom stereocenters. The fourth-order valence-corrected chi connectivity index (χ4v) is 3.54. The molecule has 0 spiro atoms. The van der Waals surface area contributed by atoms with Gasteiger partial charge >= 0.3 is 0 Å². The molecule has 1 aliphatic carbocycles. The molecule has 2 rings (SSSR count). The predicted molar refractivity (Wildman–Crippen MR) is 80.5 cm³/mol. The van der Waals surface area contributed by atoms with Gasteiger partial charge in [0.1, 0.15) is 5.75 Å². The van der Waals surface area contributed by atoms with Crippen LogP contribution in [-0.4, -0.2) is 13.7 Å². The third-order valence-electron chi connectivity index (χ3n) is 5.33. The summed E-state index contributed by atoms with van der Waals surface area (Å²) < 4.78 is 5.51. The van der Waals surface area contributed by atoms with Gasteiger partial charge in [0, 0.05) is 6.04 Å². The van der Waals surface area contributed by atoms with Gasteiger partial charge in [-0.15, -0.1) is 0 Å². The average molecular weight is 261 g/mol. The third kappa shape index (κ3) is 2.27. The van der Waals surface area contributed by atoms with Crippen molar-refractivity contribution in [1.82, 2.24) is 5.32 Å². The fraction of sp³-hybridized carbons (Fsp3) is 0.647. The van der Waals surface area contributed by atoms with Gasteiger partial charge < -0.3 is 10.1 Å². The lowest BCUT2D eigenvalue weighted by atomic mass is 9.96. The van der Waals surface area contributed by atoms with Gasteiger partial charge in [-0.2, -0.15) is 0 Å². The van der Waals surface area contributed by atoms with Crippen LogP contribution in [0.25, 0.3) is 0 Å². The van der Waals surface area contributed by atoms with E-state index < -0.39 is 0 Å². The van der Waals surface area contributed by atoms with E-state index in [1.807, 2.05) is 6.92 Å². The summed E-state index contributed by atoms with van der Waals surface area (Å²) in [6.07, 6.45) is 0. The minimum absolute atomic E-state index is 0.388. The summed E-state index contributed by atoms with van der Waals surface area (Å²) in [6, 6.07) is 8.95. The molecule has 1 saturated carbocycles. The highest BCUT2D eigenvalue weighted by molar-refractivity contribution is 5.32. The maximum Gasteiger partial charge on any atom is 0.119 e. The molecule has 0 bridgehead atoms. The van der Waals surface area contributed by atoms with Crippen LogP contribution in [0.1, 0.15) is 46.2 Å². The molecule has 106 valence electrons. The minimum Gasteiger partial charge on any atom is -0.494 e. The Morgan fingerprint density at radius 2 is 1.63 bits per heavy atom. The van der Waals surface area contributed by atoms with Crippen molar-refractivity contribution in [2.75, 3.05) is 13.7 Å². The highest BCUT2D eigenvalue weighted by Crippen LogP contribution is 2.72. The zero-order chi connectivity index (χ0) is 14.3. The quantitative estimate of drug-likeness (QED) is 0.864. The molecule has 0 aliphatic heterocycles. The largest absolute Gasteiger partial charge is 0.494 e. The molecule has 1 N–H and O–H groups in total. The average Bonchev–Trinajstić information content (AvgIpc) is 2.75. The maximum atomic E-state index is 5.51. The zero-order valence-electron chi connectivity index (χ0n) is 13.1. The highest BCUT2D eigenvalue weighted by Gasteiger charge is 2.67. The molecular weight excluding hydrogens is 234 g/mol. The molecule has 1 aromatic carbocycles. The summed E-state index contributed by atoms with van der Waals surface area (Å²) in [4.78, 5) is 0. The standard InChI is InChI=1S/C17H27NO/c1-7-19-13-10-8-12(9-11-13)14(18-6)15-16(2,3)17(15,4)5/h8-11,14-15,18H,7H2,1-6H3. The normalized spacial score (nSPS) is 22.0. The van der Waals surface area contributed by atoms with Crippen molar-refractivity contribution in [3.63, 3.8) is 0 Å². The van der Waals surface area contributed by atoms with E-state index in [1.54, 1.807) is 0 Å². The highest BCUT2D eigenvalue weighted by atomic mass is 16.5. The second kappa shape index (κ2) is 4.82. The molecule has 0 heterocycles. The molecule has 1 aromatic rings. The Hall–Kier alpha value is -1.02. The van der Waals surface area contributed by atoms with E-state index in [9.17, 15) is 0 Å². The van der Waals surface area contributed by atoms with Crippen LogP contribution in [0.2, 0.25) is 0 Å². The lowest BCUT2D eigenvalue weighted by Crippen LogP contribution is -2.21. The van der Waals surface area contributed by atoms with E-state index in [4.69, 9.17) is 4.74 Å². The number of nitrogens with one attached hydrogen (secondary N) is 1. The van der Waals surface area contributed by atoms with E-state index in [0.717, 1.165) is 12.4 Å². The Kier molecular flexibility index (Phi) is 3.65. The van der Waals surface area contributed by atoms with Crippen LogP contribution < -0.4 is 10.1 Å². The summed E-state index contributed by atoms with van der Waals surface area (Å²) in [5.74, 6) is 1.62. The predicted octanol–water partition coefficient (Wildman–Crippen LogP) is 4.03. The van der Waals surface area contributed by atoms with Crippen molar-refractivity contribution >= 4 is 0 Å². The van der Waals surface area contributed by atoms with E-state index in [-0.39, 0.29) is 0 Å². The first-order valence-corrected chi connectivity index (χ1v) is 7.26. The third-order valence-corrected chi connectivity index (χ3v) is 5.33. The van der Waals surface area contributed by atoms with Crippen LogP contribution >= 0.6 is 0 Å². The van der Waals surface area contributed by atoms with Crippen molar-refractivity contribution < 1.29 is 4.74 Å². The molecule has 2 nitrogen and oxygen atoms in total. The van der Waals surface area contributed by atoms with Crippen LogP contribution in [-0.2, 0) is 0 Å². The first-order chi connectivity index (χ1) is 8.86. The summed E-state index contributed by atoms with van der Waals surface area (Å²) in [6.45, 7) is 12.2. The van der Waals surface area contributed by atoms with E-state index in [0.29, 0.717) is 22.8 Å². The van der Waals surface area contributed by atoms with Gasteiger partial charge in [0.2, 0.25) is 0 Å². The summed E-state index contributed by atoms with van der Waals surface area (Å²) in [5.41, 5.74) is 2.13. The second-order valence-electron chi connectivity index (χ2n) is 6.69. The SMILES string of the molecule is CCOc1ccc(C(NC)C2C(C)(C)C2(C)C)cc1. The number of ether oxygens (including phenoxy) is 1. The Bertz CT molecular complexity index is 419. The maximum absolute atomic E-state index is 5.51. The monoisotopic (exact) mass is 261 g/mol. The topological polar surface area (TPSA) is 21.3 Å². The second-order valence-corrected chi connectivity index (χ2v) is 6.69. The molecular formula is C17H27NO. The Morgan fingerprint density at radius 3 is 2.00 bits per heavy atom. The van der Waals surface area contributed by atoms with Crippen LogP contribution in [0.15, 0.2) is 24.3 Å². The van der Waals surface area contributed by atoms with Gasteiger partial charge in [-0.05, 0) is 48.4 Å². The summed E-state index contributed by atoms with van der Waals surface area (Å²) >= 11 is 0. The van der Waals surface area contributed by atoms with Crippen LogP contribution in [0.5, 0.6) is 5.75 Å². The first kappa shape index (κ1) is 14.4. The van der Waals surface area contributed by atoms with Gasteiger partial charge in [-0.25, -0.2) is 0 Å². The Labute approximate surface area is 117 Å². The number of hydrogen-bond donors (Lipinski definition) is 1. The molecule has 0 saturated heterocycles. The minimum atomic E-state index is 0.388. The molecule has 2 heteroatoms. The van der Waals surface area contributed by atoms with Crippen molar-refractivity contribution in [2.45, 2.75) is 40.7 Å². The van der Waals surface area contributed by atoms with E-state index in [2.05, 4.69) is 64.3 Å². The fourth-order valence-electron chi connectivity index (χ4n) is 3.54. The van der Waals surface area contributed by atoms with Crippen LogP contribution in [0.4, 0.5) is 0 Å². The van der Waals surface area contributed by atoms with Crippen molar-refractivity contribution in [3.8, 4) is 5.75 Å². The lowest BCUT2D eigenvalue weighted by molar-refractivity contribution is 0.340. The Balaban J connectivity index is 2.20. The lowest BCUT2D eigenvalue weighted by Gasteiger charge is -2.19. The summed E-state index contributed by atoms with van der Waals surface area (Å²) in [7, 11) is 2.06. The van der Waals surface area contributed by atoms with Gasteiger partial charge in [0.25, 0.3) is 0 Å². The van der Waals surface area contributed by atoms with Gasteiger partial charge in [-0.1, -0.05) is 39.8 Å². The van der Waals surface area contributed by atoms with E-state index >= 15 is 0 Å². The first-order valence-electron chi connectivity index (χ1n) is 7.26. The molecule has 0 aromatic heterocycles. The molecule has 1 fully saturated rings. The number of hydrogen-bond acceptors (Lipinski definition) is 2. The molecule has 1 atom stereocenters. The van der Waals surface area contributed by atoms with Crippen molar-refractivity contribution in [1.29, 1.82) is 0 Å². The zero-order valence-corrected chi connectivity index (χ0v) is 13.1. The molecule has 0 amide bonds. The number of rotatable bonds is 5. The van der Waals surface area contributed by atoms with Crippen LogP contribution in [0.3, 0.4) is 0 Å². The van der Waals surface area contributed by atoms with Gasteiger partial charge in [0.05, 0.1) is 6.61 Å². The molecule has 1 aliphatic rings. The van der Waals surface area contributed by atoms with Gasteiger partial charge in [0.15, 0.2) is 0 Å². The smallest absolute Gasteiger partial charge is 0.119 e. The van der Waals surface area contributed by atoms with E-state index in [1.165, 1.54) is 5.56 Å².